The fraction of sp³-hybridized carbons (Fsp3) is 0.389. The van der Waals surface area contributed by atoms with E-state index in [0.717, 1.165) is 66.1 Å². The second-order valence-electron chi connectivity index (χ2n) is 12.6. The van der Waals surface area contributed by atoms with E-state index in [0.29, 0.717) is 24.0 Å². The SMILES string of the molecule is CCC(C)n1ncn(-c2ccc(N3CCN(c4ccc(OC[C@@H]5CO[C@@](CSc6nncn6C)(c6ccc(Cl)cc6)O5)cc4)CC3)cc2)c1=O. The maximum Gasteiger partial charge on any atom is 0.350 e. The predicted molar refractivity (Wildman–Crippen MR) is 195 cm³/mol. The molecule has 14 heteroatoms. The van der Waals surface area contributed by atoms with Crippen molar-refractivity contribution in [2.45, 2.75) is 43.4 Å². The highest BCUT2D eigenvalue weighted by Gasteiger charge is 2.44. The van der Waals surface area contributed by atoms with Crippen molar-refractivity contribution in [1.29, 1.82) is 0 Å². The van der Waals surface area contributed by atoms with Gasteiger partial charge in [-0.1, -0.05) is 42.4 Å². The van der Waals surface area contributed by atoms with E-state index >= 15 is 0 Å². The molecule has 0 spiro atoms. The van der Waals surface area contributed by atoms with Gasteiger partial charge in [0.25, 0.3) is 0 Å². The molecule has 0 saturated carbocycles. The van der Waals surface area contributed by atoms with E-state index in [1.807, 2.05) is 67.1 Å². The van der Waals surface area contributed by atoms with E-state index in [2.05, 4.69) is 56.3 Å². The summed E-state index contributed by atoms with van der Waals surface area (Å²) in [7, 11) is 1.91. The summed E-state index contributed by atoms with van der Waals surface area (Å²) in [6, 6.07) is 24.0. The summed E-state index contributed by atoms with van der Waals surface area (Å²) < 4.78 is 24.1. The number of rotatable bonds is 12. The molecule has 0 bridgehead atoms. The highest BCUT2D eigenvalue weighted by molar-refractivity contribution is 7.99. The highest BCUT2D eigenvalue weighted by Crippen LogP contribution is 2.39. The van der Waals surface area contributed by atoms with Gasteiger partial charge in [0.05, 0.1) is 24.1 Å². The minimum absolute atomic E-state index is 0.0680. The van der Waals surface area contributed by atoms with E-state index in [-0.39, 0.29) is 17.8 Å². The third kappa shape index (κ3) is 7.27. The summed E-state index contributed by atoms with van der Waals surface area (Å²) >= 11 is 7.70. The van der Waals surface area contributed by atoms with Crippen LogP contribution in [0.4, 0.5) is 11.4 Å². The average Bonchev–Trinajstić information content (AvgIpc) is 3.88. The lowest BCUT2D eigenvalue weighted by atomic mass is 10.1. The van der Waals surface area contributed by atoms with E-state index in [1.165, 1.54) is 11.8 Å². The van der Waals surface area contributed by atoms with Gasteiger partial charge in [0.15, 0.2) is 5.16 Å². The quantitative estimate of drug-likeness (QED) is 0.153. The summed E-state index contributed by atoms with van der Waals surface area (Å²) in [5, 5.41) is 13.9. The molecule has 4 heterocycles. The Balaban J connectivity index is 0.914. The Morgan fingerprint density at radius 2 is 1.58 bits per heavy atom. The van der Waals surface area contributed by atoms with Crippen molar-refractivity contribution < 1.29 is 14.2 Å². The maximum atomic E-state index is 12.8. The van der Waals surface area contributed by atoms with E-state index in [4.69, 9.17) is 25.8 Å². The van der Waals surface area contributed by atoms with Gasteiger partial charge in [0.2, 0.25) is 5.79 Å². The molecule has 7 rings (SSSR count). The van der Waals surface area contributed by atoms with Crippen LogP contribution in [-0.2, 0) is 22.3 Å². The Kier molecular flexibility index (Phi) is 10.2. The number of ether oxygens (including phenoxy) is 3. The van der Waals surface area contributed by atoms with E-state index < -0.39 is 5.79 Å². The topological polar surface area (TPSA) is 105 Å². The molecule has 0 aliphatic carbocycles. The molecule has 50 heavy (non-hydrogen) atoms. The molecule has 2 saturated heterocycles. The first-order valence-corrected chi connectivity index (χ1v) is 18.2. The Morgan fingerprint density at radius 1 is 0.940 bits per heavy atom. The number of aromatic nitrogens is 6. The Labute approximate surface area is 300 Å². The van der Waals surface area contributed by atoms with Gasteiger partial charge in [-0.3, -0.25) is 0 Å². The van der Waals surface area contributed by atoms with Crippen LogP contribution >= 0.6 is 23.4 Å². The van der Waals surface area contributed by atoms with Gasteiger partial charge in [-0.15, -0.1) is 10.2 Å². The standard InChI is InChI=1S/C36H41ClN8O4S/c1-4-26(2)45-35(46)44(25-39-45)31-11-9-29(10-12-31)42-17-19-43(20-18-42)30-13-15-32(16-14-30)47-21-33-22-48-36(49-33,27-5-7-28(37)8-6-27)23-50-34-40-38-24-41(34)3/h5-16,24-26,33H,4,17-23H2,1-3H3/t26?,33-,36-/m1/s1. The zero-order valence-electron chi connectivity index (χ0n) is 28.4. The maximum absolute atomic E-state index is 12.8. The number of anilines is 2. The summed E-state index contributed by atoms with van der Waals surface area (Å²) in [6.07, 6.45) is 3.88. The molecule has 0 radical (unpaired) electrons. The van der Waals surface area contributed by atoms with Crippen LogP contribution in [0.2, 0.25) is 5.02 Å². The van der Waals surface area contributed by atoms with Crippen molar-refractivity contribution in [3.63, 3.8) is 0 Å². The first kappa shape index (κ1) is 34.2. The van der Waals surface area contributed by atoms with Gasteiger partial charge in [-0.2, -0.15) is 5.10 Å². The van der Waals surface area contributed by atoms with Crippen LogP contribution in [0.5, 0.6) is 5.75 Å². The largest absolute Gasteiger partial charge is 0.491 e. The number of halogens is 1. The molecule has 1 unspecified atom stereocenters. The third-order valence-electron chi connectivity index (χ3n) is 9.32. The van der Waals surface area contributed by atoms with Crippen LogP contribution in [-0.4, -0.2) is 80.4 Å². The highest BCUT2D eigenvalue weighted by atomic mass is 35.5. The molecule has 12 nitrogen and oxygen atoms in total. The van der Waals surface area contributed by atoms with Crippen molar-refractivity contribution in [3.05, 3.63) is 107 Å². The van der Waals surface area contributed by atoms with Crippen molar-refractivity contribution in [2.24, 2.45) is 7.05 Å². The Morgan fingerprint density at radius 3 is 2.20 bits per heavy atom. The number of piperazine rings is 1. The second kappa shape index (κ2) is 14.9. The number of aryl methyl sites for hydroxylation is 1. The van der Waals surface area contributed by atoms with Crippen LogP contribution < -0.4 is 20.2 Å². The van der Waals surface area contributed by atoms with Gasteiger partial charge in [-0.05, 0) is 74.0 Å². The van der Waals surface area contributed by atoms with Crippen LogP contribution in [0, 0.1) is 0 Å². The molecule has 3 aromatic carbocycles. The lowest BCUT2D eigenvalue weighted by Gasteiger charge is -2.37. The lowest BCUT2D eigenvalue weighted by Crippen LogP contribution is -2.46. The van der Waals surface area contributed by atoms with Gasteiger partial charge < -0.3 is 28.6 Å². The van der Waals surface area contributed by atoms with Crippen molar-refractivity contribution >= 4 is 34.7 Å². The smallest absolute Gasteiger partial charge is 0.350 e. The van der Waals surface area contributed by atoms with Crippen LogP contribution in [0.1, 0.15) is 31.9 Å². The fourth-order valence-electron chi connectivity index (χ4n) is 6.18. The number of nitrogens with zero attached hydrogens (tertiary/aromatic N) is 8. The monoisotopic (exact) mass is 716 g/mol. The first-order chi connectivity index (χ1) is 24.3. The zero-order valence-corrected chi connectivity index (χ0v) is 30.0. The van der Waals surface area contributed by atoms with Gasteiger partial charge in [-0.25, -0.2) is 14.0 Å². The van der Waals surface area contributed by atoms with Crippen LogP contribution in [0.15, 0.2) is 95.4 Å². The normalized spacial score (nSPS) is 20.0. The van der Waals surface area contributed by atoms with E-state index in [9.17, 15) is 4.79 Å². The summed E-state index contributed by atoms with van der Waals surface area (Å²) in [4.78, 5) is 17.6. The molecule has 2 aromatic heterocycles. The predicted octanol–water partition coefficient (Wildman–Crippen LogP) is 5.55. The molecular formula is C36H41ClN8O4S. The average molecular weight is 717 g/mol. The molecule has 262 valence electrons. The fourth-order valence-corrected chi connectivity index (χ4v) is 7.30. The van der Waals surface area contributed by atoms with Crippen molar-refractivity contribution in [1.82, 2.24) is 29.1 Å². The molecule has 0 N–H and O–H groups in total. The summed E-state index contributed by atoms with van der Waals surface area (Å²) in [6.45, 7) is 8.40. The molecule has 2 aliphatic rings. The van der Waals surface area contributed by atoms with Gasteiger partial charge in [0.1, 0.15) is 31.1 Å². The van der Waals surface area contributed by atoms with Gasteiger partial charge >= 0.3 is 5.69 Å². The summed E-state index contributed by atoms with van der Waals surface area (Å²) in [5.74, 6) is 0.319. The minimum atomic E-state index is -0.958. The van der Waals surface area contributed by atoms with Crippen LogP contribution in [0.3, 0.4) is 0 Å². The van der Waals surface area contributed by atoms with Gasteiger partial charge in [0, 0.05) is 55.2 Å². The molecule has 3 atom stereocenters. The second-order valence-corrected chi connectivity index (χ2v) is 14.0. The van der Waals surface area contributed by atoms with E-state index in [1.54, 1.807) is 21.9 Å². The number of hydrogen-bond donors (Lipinski definition) is 0. The Hall–Kier alpha value is -4.30. The summed E-state index contributed by atoms with van der Waals surface area (Å²) in [5.41, 5.74) is 3.90. The zero-order chi connectivity index (χ0) is 34.7. The molecule has 2 aliphatic heterocycles. The van der Waals surface area contributed by atoms with Crippen molar-refractivity contribution in [2.75, 3.05) is 54.9 Å². The van der Waals surface area contributed by atoms with Crippen LogP contribution in [0.25, 0.3) is 5.69 Å². The molecule has 0 amide bonds. The molecule has 2 fully saturated rings. The van der Waals surface area contributed by atoms with Crippen molar-refractivity contribution in [3.8, 4) is 11.4 Å². The third-order valence-corrected chi connectivity index (χ3v) is 10.7. The number of hydrogen-bond acceptors (Lipinski definition) is 10. The molecule has 5 aromatic rings. The Bertz CT molecular complexity index is 1920. The number of thioether (sulfide) groups is 1. The lowest BCUT2D eigenvalue weighted by molar-refractivity contribution is -0.160. The minimum Gasteiger partial charge on any atom is -0.491 e. The first-order valence-electron chi connectivity index (χ1n) is 16.9. The molecular weight excluding hydrogens is 676 g/mol. The number of benzene rings is 3.